The lowest BCUT2D eigenvalue weighted by Crippen LogP contribution is -3.15. The van der Waals surface area contributed by atoms with Crippen molar-refractivity contribution in [1.82, 2.24) is 0 Å². The number of quaternary nitrogens is 1. The molecule has 144 valence electrons. The number of anilines is 2. The number of nitrogens with one attached hydrogen (secondary N) is 2. The average molecular weight is 387 g/mol. The molecule has 27 heavy (non-hydrogen) atoms. The SMILES string of the molecule is CC[C@H](C)c1ccccc1NC(=O)C[NH+]1CCN(c2ccccc2Cl)CC1. The van der Waals surface area contributed by atoms with Crippen LogP contribution in [-0.2, 0) is 4.79 Å². The van der Waals surface area contributed by atoms with Crippen molar-refractivity contribution >= 4 is 28.9 Å². The molecule has 1 heterocycles. The summed E-state index contributed by atoms with van der Waals surface area (Å²) < 4.78 is 0. The standard InChI is InChI=1S/C22H28ClN3O/c1-3-17(2)18-8-4-6-10-20(18)24-22(27)16-25-12-14-26(15-13-25)21-11-7-5-9-19(21)23/h4-11,17H,3,12-16H2,1-2H3,(H,24,27)/p+1/t17-/m0/s1. The van der Waals surface area contributed by atoms with Gasteiger partial charge in [-0.1, -0.05) is 55.8 Å². The number of hydrogen-bond donors (Lipinski definition) is 2. The Morgan fingerprint density at radius 2 is 1.81 bits per heavy atom. The van der Waals surface area contributed by atoms with Crippen LogP contribution in [0.2, 0.25) is 5.02 Å². The smallest absolute Gasteiger partial charge is 0.279 e. The highest BCUT2D eigenvalue weighted by atomic mass is 35.5. The Balaban J connectivity index is 1.54. The lowest BCUT2D eigenvalue weighted by Gasteiger charge is -2.33. The molecule has 5 heteroatoms. The molecular weight excluding hydrogens is 358 g/mol. The minimum absolute atomic E-state index is 0.0898. The first-order chi connectivity index (χ1) is 13.1. The molecule has 0 spiro atoms. The third-order valence-electron chi connectivity index (χ3n) is 5.45. The molecule has 1 aliphatic rings. The van der Waals surface area contributed by atoms with E-state index in [4.69, 9.17) is 11.6 Å². The van der Waals surface area contributed by atoms with Gasteiger partial charge < -0.3 is 15.1 Å². The molecule has 0 aliphatic carbocycles. The minimum Gasteiger partial charge on any atom is -0.359 e. The summed E-state index contributed by atoms with van der Waals surface area (Å²) in [6.07, 6.45) is 1.06. The van der Waals surface area contributed by atoms with Crippen LogP contribution >= 0.6 is 11.6 Å². The van der Waals surface area contributed by atoms with E-state index in [9.17, 15) is 4.79 Å². The molecule has 1 saturated heterocycles. The summed E-state index contributed by atoms with van der Waals surface area (Å²) in [4.78, 5) is 16.2. The number of para-hydroxylation sites is 2. The molecule has 2 aromatic rings. The third kappa shape index (κ3) is 5.02. The largest absolute Gasteiger partial charge is 0.359 e. The normalized spacial score (nSPS) is 16.2. The van der Waals surface area contributed by atoms with Crippen molar-refractivity contribution < 1.29 is 9.69 Å². The molecule has 0 aromatic heterocycles. The first-order valence-corrected chi connectivity index (χ1v) is 10.2. The van der Waals surface area contributed by atoms with Crippen molar-refractivity contribution in [3.63, 3.8) is 0 Å². The molecule has 0 saturated carbocycles. The van der Waals surface area contributed by atoms with Gasteiger partial charge in [0.1, 0.15) is 0 Å². The fraction of sp³-hybridized carbons (Fsp3) is 0.409. The topological polar surface area (TPSA) is 36.8 Å². The van der Waals surface area contributed by atoms with E-state index >= 15 is 0 Å². The monoisotopic (exact) mass is 386 g/mol. The number of amides is 1. The van der Waals surface area contributed by atoms with Gasteiger partial charge in [0.2, 0.25) is 0 Å². The predicted octanol–water partition coefficient (Wildman–Crippen LogP) is 3.20. The van der Waals surface area contributed by atoms with E-state index in [1.54, 1.807) is 0 Å². The van der Waals surface area contributed by atoms with E-state index in [0.29, 0.717) is 12.5 Å². The second kappa shape index (κ2) is 9.25. The minimum atomic E-state index is 0.0898. The van der Waals surface area contributed by atoms with Crippen molar-refractivity contribution in [3.05, 3.63) is 59.1 Å². The van der Waals surface area contributed by atoms with Crippen LogP contribution in [0.15, 0.2) is 48.5 Å². The molecule has 0 radical (unpaired) electrons. The summed E-state index contributed by atoms with van der Waals surface area (Å²) in [6, 6.07) is 16.1. The summed E-state index contributed by atoms with van der Waals surface area (Å²) in [5.41, 5.74) is 3.25. The van der Waals surface area contributed by atoms with Crippen LogP contribution in [-0.4, -0.2) is 38.6 Å². The highest BCUT2D eigenvalue weighted by Gasteiger charge is 2.23. The second-order valence-electron chi connectivity index (χ2n) is 7.31. The first kappa shape index (κ1) is 19.7. The van der Waals surface area contributed by atoms with Crippen molar-refractivity contribution in [2.45, 2.75) is 26.2 Å². The average Bonchev–Trinajstić information content (AvgIpc) is 2.69. The third-order valence-corrected chi connectivity index (χ3v) is 5.77. The Kier molecular flexibility index (Phi) is 6.75. The van der Waals surface area contributed by atoms with Gasteiger partial charge in [-0.15, -0.1) is 0 Å². The zero-order valence-electron chi connectivity index (χ0n) is 16.2. The van der Waals surface area contributed by atoms with Crippen LogP contribution in [0.3, 0.4) is 0 Å². The maximum Gasteiger partial charge on any atom is 0.279 e. The van der Waals surface area contributed by atoms with Crippen molar-refractivity contribution in [1.29, 1.82) is 0 Å². The number of rotatable bonds is 6. The quantitative estimate of drug-likeness (QED) is 0.799. The number of piperazine rings is 1. The highest BCUT2D eigenvalue weighted by Crippen LogP contribution is 2.26. The summed E-state index contributed by atoms with van der Waals surface area (Å²) in [5, 5.41) is 3.92. The van der Waals surface area contributed by atoms with Crippen LogP contribution in [0.5, 0.6) is 0 Å². The van der Waals surface area contributed by atoms with Gasteiger partial charge in [-0.05, 0) is 36.1 Å². The molecule has 0 bridgehead atoms. The Bertz CT molecular complexity index is 772. The van der Waals surface area contributed by atoms with E-state index < -0.39 is 0 Å². The maximum atomic E-state index is 12.6. The lowest BCUT2D eigenvalue weighted by molar-refractivity contribution is -0.892. The van der Waals surface area contributed by atoms with Gasteiger partial charge in [0.25, 0.3) is 5.91 Å². The van der Waals surface area contributed by atoms with Crippen molar-refractivity contribution in [2.24, 2.45) is 0 Å². The van der Waals surface area contributed by atoms with Crippen molar-refractivity contribution in [3.8, 4) is 0 Å². The van der Waals surface area contributed by atoms with Gasteiger partial charge in [-0.2, -0.15) is 0 Å². The maximum absolute atomic E-state index is 12.6. The zero-order chi connectivity index (χ0) is 19.2. The molecule has 0 unspecified atom stereocenters. The van der Waals surface area contributed by atoms with Crippen molar-refractivity contribution in [2.75, 3.05) is 42.9 Å². The van der Waals surface area contributed by atoms with E-state index in [2.05, 4.69) is 36.2 Å². The molecular formula is C22H29ClN3O+. The van der Waals surface area contributed by atoms with Gasteiger partial charge in [0, 0.05) is 5.69 Å². The van der Waals surface area contributed by atoms with Gasteiger partial charge in [-0.3, -0.25) is 4.79 Å². The molecule has 1 atom stereocenters. The summed E-state index contributed by atoms with van der Waals surface area (Å²) in [5.74, 6) is 0.528. The van der Waals surface area contributed by atoms with Gasteiger partial charge >= 0.3 is 0 Å². The summed E-state index contributed by atoms with van der Waals surface area (Å²) in [7, 11) is 0. The van der Waals surface area contributed by atoms with Gasteiger partial charge in [0.05, 0.1) is 36.9 Å². The Hall–Kier alpha value is -2.04. The van der Waals surface area contributed by atoms with Crippen LogP contribution < -0.4 is 15.1 Å². The second-order valence-corrected chi connectivity index (χ2v) is 7.72. The van der Waals surface area contributed by atoms with E-state index in [1.807, 2.05) is 36.4 Å². The van der Waals surface area contributed by atoms with Gasteiger partial charge in [-0.25, -0.2) is 0 Å². The number of nitrogens with zero attached hydrogens (tertiary/aromatic N) is 1. The van der Waals surface area contributed by atoms with Gasteiger partial charge in [0.15, 0.2) is 6.54 Å². The van der Waals surface area contributed by atoms with E-state index in [-0.39, 0.29) is 5.91 Å². The molecule has 1 fully saturated rings. The number of benzene rings is 2. The summed E-state index contributed by atoms with van der Waals surface area (Å²) >= 11 is 6.31. The predicted molar refractivity (Wildman–Crippen MR) is 113 cm³/mol. The Labute approximate surface area is 167 Å². The fourth-order valence-electron chi connectivity index (χ4n) is 3.63. The first-order valence-electron chi connectivity index (χ1n) is 9.80. The molecule has 4 nitrogen and oxygen atoms in total. The zero-order valence-corrected chi connectivity index (χ0v) is 16.9. The lowest BCUT2D eigenvalue weighted by atomic mass is 9.97. The highest BCUT2D eigenvalue weighted by molar-refractivity contribution is 6.33. The fourth-order valence-corrected chi connectivity index (χ4v) is 3.89. The summed E-state index contributed by atoms with van der Waals surface area (Å²) in [6.45, 7) is 8.57. The van der Waals surface area contributed by atoms with Crippen LogP contribution in [0.1, 0.15) is 31.7 Å². The van der Waals surface area contributed by atoms with Crippen LogP contribution in [0, 0.1) is 0 Å². The Morgan fingerprint density at radius 3 is 2.52 bits per heavy atom. The van der Waals surface area contributed by atoms with Crippen LogP contribution in [0.25, 0.3) is 0 Å². The Morgan fingerprint density at radius 1 is 1.15 bits per heavy atom. The van der Waals surface area contributed by atoms with E-state index in [0.717, 1.165) is 49.0 Å². The molecule has 1 aliphatic heterocycles. The van der Waals surface area contributed by atoms with Crippen LogP contribution in [0.4, 0.5) is 11.4 Å². The van der Waals surface area contributed by atoms with E-state index in [1.165, 1.54) is 10.5 Å². The number of carbonyl (C=O) groups is 1. The molecule has 3 rings (SSSR count). The molecule has 1 amide bonds. The molecule has 2 aromatic carbocycles. The number of halogens is 1. The number of carbonyl (C=O) groups excluding carboxylic acids is 1. The number of hydrogen-bond acceptors (Lipinski definition) is 2. The molecule has 2 N–H and O–H groups in total.